The number of nitrogens with zero attached hydrogens (tertiary/aromatic N) is 1. The molecule has 1 rings (SSSR count). The van der Waals surface area contributed by atoms with Crippen molar-refractivity contribution in [3.63, 3.8) is 0 Å². The molecule has 0 fully saturated rings. The van der Waals surface area contributed by atoms with Gasteiger partial charge < -0.3 is 0 Å². The first-order valence-electron chi connectivity index (χ1n) is 6.71. The van der Waals surface area contributed by atoms with Crippen LogP contribution in [0.4, 0.5) is 0 Å². The number of aryl methyl sites for hydroxylation is 2. The number of hydrogen-bond donors (Lipinski definition) is 0. The van der Waals surface area contributed by atoms with E-state index in [0.29, 0.717) is 0 Å². The minimum Gasteiger partial charge on any atom is -0.200 e. The summed E-state index contributed by atoms with van der Waals surface area (Å²) in [5.74, 6) is 0. The van der Waals surface area contributed by atoms with E-state index in [1.807, 2.05) is 0 Å². The highest BCUT2D eigenvalue weighted by Gasteiger charge is 2.08. The standard InChI is InChI=1S/C15H26N/c1-4-5-6-7-8-9-13-16-14(2)11-10-12-15(16)3/h10-12H,4-9,13H2,1-3H3/q+1. The number of pyridine rings is 1. The van der Waals surface area contributed by atoms with Crippen LogP contribution in [0.2, 0.25) is 0 Å². The molecule has 0 spiro atoms. The van der Waals surface area contributed by atoms with Crippen LogP contribution < -0.4 is 4.57 Å². The van der Waals surface area contributed by atoms with Crippen LogP contribution in [-0.4, -0.2) is 0 Å². The van der Waals surface area contributed by atoms with Gasteiger partial charge in [-0.15, -0.1) is 0 Å². The van der Waals surface area contributed by atoms with Crippen LogP contribution in [-0.2, 0) is 6.54 Å². The molecule has 1 aromatic heterocycles. The Hall–Kier alpha value is -0.850. The Morgan fingerprint density at radius 3 is 2.06 bits per heavy atom. The molecule has 0 radical (unpaired) electrons. The van der Waals surface area contributed by atoms with E-state index < -0.39 is 0 Å². The number of unbranched alkanes of at least 4 members (excludes halogenated alkanes) is 5. The lowest BCUT2D eigenvalue weighted by atomic mass is 10.1. The first-order chi connectivity index (χ1) is 7.75. The van der Waals surface area contributed by atoms with E-state index in [-0.39, 0.29) is 0 Å². The smallest absolute Gasteiger partial charge is 0.178 e. The molecule has 90 valence electrons. The van der Waals surface area contributed by atoms with E-state index in [1.54, 1.807) is 0 Å². The van der Waals surface area contributed by atoms with Crippen LogP contribution in [0.5, 0.6) is 0 Å². The third-order valence-corrected chi connectivity index (χ3v) is 3.26. The SMILES string of the molecule is CCCCCCCC[n+]1c(C)cccc1C. The van der Waals surface area contributed by atoms with Crippen LogP contribution >= 0.6 is 0 Å². The molecule has 0 N–H and O–H groups in total. The van der Waals surface area contributed by atoms with Crippen molar-refractivity contribution in [3.05, 3.63) is 29.6 Å². The number of hydrogen-bond acceptors (Lipinski definition) is 0. The summed E-state index contributed by atoms with van der Waals surface area (Å²) in [4.78, 5) is 0. The summed E-state index contributed by atoms with van der Waals surface area (Å²) in [7, 11) is 0. The van der Waals surface area contributed by atoms with E-state index in [2.05, 4.69) is 43.5 Å². The second-order valence-electron chi connectivity index (χ2n) is 4.73. The number of aromatic nitrogens is 1. The summed E-state index contributed by atoms with van der Waals surface area (Å²) >= 11 is 0. The molecule has 0 aliphatic heterocycles. The van der Waals surface area contributed by atoms with Crippen LogP contribution in [0.15, 0.2) is 18.2 Å². The van der Waals surface area contributed by atoms with Gasteiger partial charge in [0.2, 0.25) is 0 Å². The predicted octanol–water partition coefficient (Wildman–Crippen LogP) is 3.95. The van der Waals surface area contributed by atoms with Gasteiger partial charge in [-0.3, -0.25) is 0 Å². The van der Waals surface area contributed by atoms with Gasteiger partial charge >= 0.3 is 0 Å². The minimum absolute atomic E-state index is 1.19. The van der Waals surface area contributed by atoms with Crippen LogP contribution in [0.1, 0.15) is 56.8 Å². The van der Waals surface area contributed by atoms with Gasteiger partial charge in [0.15, 0.2) is 11.4 Å². The summed E-state index contributed by atoms with van der Waals surface area (Å²) in [5.41, 5.74) is 2.77. The Bertz CT molecular complexity index is 284. The van der Waals surface area contributed by atoms with E-state index >= 15 is 0 Å². The van der Waals surface area contributed by atoms with Gasteiger partial charge in [0, 0.05) is 32.4 Å². The fraction of sp³-hybridized carbons (Fsp3) is 0.667. The average molecular weight is 220 g/mol. The molecule has 0 aliphatic carbocycles. The molecule has 0 bridgehead atoms. The molecule has 1 heterocycles. The lowest BCUT2D eigenvalue weighted by Crippen LogP contribution is -2.40. The van der Waals surface area contributed by atoms with Crippen molar-refractivity contribution < 1.29 is 4.57 Å². The monoisotopic (exact) mass is 220 g/mol. The van der Waals surface area contributed by atoms with E-state index in [1.165, 1.54) is 56.5 Å². The topological polar surface area (TPSA) is 3.88 Å². The third kappa shape index (κ3) is 4.34. The third-order valence-electron chi connectivity index (χ3n) is 3.26. The summed E-state index contributed by atoms with van der Waals surface area (Å²) in [6.07, 6.45) is 8.25. The fourth-order valence-corrected chi connectivity index (χ4v) is 2.19. The van der Waals surface area contributed by atoms with Crippen LogP contribution in [0.25, 0.3) is 0 Å². The zero-order chi connectivity index (χ0) is 11.8. The number of rotatable bonds is 7. The van der Waals surface area contributed by atoms with Crippen molar-refractivity contribution in [3.8, 4) is 0 Å². The Morgan fingerprint density at radius 1 is 0.875 bits per heavy atom. The molecular formula is C15H26N+. The summed E-state index contributed by atoms with van der Waals surface area (Å²) in [6, 6.07) is 6.54. The van der Waals surface area contributed by atoms with E-state index in [0.717, 1.165) is 0 Å². The minimum atomic E-state index is 1.19. The highest BCUT2D eigenvalue weighted by molar-refractivity contribution is 5.00. The highest BCUT2D eigenvalue weighted by Crippen LogP contribution is 2.05. The molecule has 0 saturated heterocycles. The zero-order valence-electron chi connectivity index (χ0n) is 11.1. The summed E-state index contributed by atoms with van der Waals surface area (Å²) < 4.78 is 2.43. The van der Waals surface area contributed by atoms with Gasteiger partial charge in [0.05, 0.1) is 0 Å². The van der Waals surface area contributed by atoms with Crippen molar-refractivity contribution in [2.24, 2.45) is 0 Å². The maximum atomic E-state index is 2.43. The molecule has 16 heavy (non-hydrogen) atoms. The molecule has 0 aromatic carbocycles. The van der Waals surface area contributed by atoms with E-state index in [9.17, 15) is 0 Å². The van der Waals surface area contributed by atoms with Crippen molar-refractivity contribution in [2.45, 2.75) is 65.8 Å². The molecule has 0 saturated carbocycles. The molecular weight excluding hydrogens is 194 g/mol. The van der Waals surface area contributed by atoms with Gasteiger partial charge in [-0.2, -0.15) is 0 Å². The summed E-state index contributed by atoms with van der Waals surface area (Å²) in [5, 5.41) is 0. The Morgan fingerprint density at radius 2 is 1.44 bits per heavy atom. The largest absolute Gasteiger partial charge is 0.200 e. The molecule has 1 nitrogen and oxygen atoms in total. The normalized spacial score (nSPS) is 10.7. The van der Waals surface area contributed by atoms with E-state index in [4.69, 9.17) is 0 Å². The van der Waals surface area contributed by atoms with Gasteiger partial charge in [0.25, 0.3) is 0 Å². The molecule has 1 heteroatoms. The predicted molar refractivity (Wildman–Crippen MR) is 69.5 cm³/mol. The quantitative estimate of drug-likeness (QED) is 0.484. The van der Waals surface area contributed by atoms with Gasteiger partial charge in [-0.1, -0.05) is 32.6 Å². The van der Waals surface area contributed by atoms with Gasteiger partial charge in [0.1, 0.15) is 6.54 Å². The Labute approximate surface area is 101 Å². The molecule has 1 aromatic rings. The lowest BCUT2D eigenvalue weighted by Gasteiger charge is -2.03. The van der Waals surface area contributed by atoms with Crippen molar-refractivity contribution in [1.82, 2.24) is 0 Å². The molecule has 0 aliphatic rings. The summed E-state index contributed by atoms with van der Waals surface area (Å²) in [6.45, 7) is 7.85. The van der Waals surface area contributed by atoms with Crippen molar-refractivity contribution in [1.29, 1.82) is 0 Å². The first kappa shape index (κ1) is 13.2. The molecule has 0 unspecified atom stereocenters. The molecule has 0 amide bonds. The van der Waals surface area contributed by atoms with Gasteiger partial charge in [-0.05, 0) is 12.5 Å². The van der Waals surface area contributed by atoms with Crippen molar-refractivity contribution in [2.75, 3.05) is 0 Å². The zero-order valence-corrected chi connectivity index (χ0v) is 11.1. The lowest BCUT2D eigenvalue weighted by molar-refractivity contribution is -0.709. The maximum Gasteiger partial charge on any atom is 0.178 e. The average Bonchev–Trinajstić information content (AvgIpc) is 2.26. The van der Waals surface area contributed by atoms with Gasteiger partial charge in [-0.25, -0.2) is 4.57 Å². The second-order valence-corrected chi connectivity index (χ2v) is 4.73. The highest BCUT2D eigenvalue weighted by atomic mass is 15.0. The fourth-order valence-electron chi connectivity index (χ4n) is 2.19. The van der Waals surface area contributed by atoms with Crippen LogP contribution in [0.3, 0.4) is 0 Å². The molecule has 0 atom stereocenters. The maximum absolute atomic E-state index is 2.43. The Kier molecular flexibility index (Phi) is 6.14. The van der Waals surface area contributed by atoms with Crippen LogP contribution in [0, 0.1) is 13.8 Å². The Balaban J connectivity index is 2.26. The second kappa shape index (κ2) is 7.43. The van der Waals surface area contributed by atoms with Crippen molar-refractivity contribution >= 4 is 0 Å². The first-order valence-corrected chi connectivity index (χ1v) is 6.71.